The highest BCUT2D eigenvalue weighted by atomic mass is 16.7. The van der Waals surface area contributed by atoms with Crippen molar-refractivity contribution in [2.45, 2.75) is 45.8 Å². The summed E-state index contributed by atoms with van der Waals surface area (Å²) in [6.45, 7) is 13.0. The second kappa shape index (κ2) is 4.85. The van der Waals surface area contributed by atoms with Gasteiger partial charge in [-0.3, -0.25) is 0 Å². The van der Waals surface area contributed by atoms with Crippen LogP contribution in [-0.2, 0) is 9.31 Å². The van der Waals surface area contributed by atoms with E-state index in [4.69, 9.17) is 14.3 Å². The number of rotatable bonds is 2. The van der Waals surface area contributed by atoms with Crippen LogP contribution >= 0.6 is 0 Å². The predicted molar refractivity (Wildman–Crippen MR) is 84.1 cm³/mol. The van der Waals surface area contributed by atoms with Gasteiger partial charge in [-0.2, -0.15) is 0 Å². The summed E-state index contributed by atoms with van der Waals surface area (Å²) in [7, 11) is -0.464. The molecule has 0 spiro atoms. The Balaban J connectivity index is 1.91. The number of aromatic nitrogens is 2. The van der Waals surface area contributed by atoms with Gasteiger partial charge in [0.05, 0.1) is 16.8 Å². The molecule has 1 N–H and O–H groups in total. The Morgan fingerprint density at radius 2 is 1.95 bits per heavy atom. The highest BCUT2D eigenvalue weighted by Gasteiger charge is 2.52. The molecule has 1 fully saturated rings. The fourth-order valence-corrected chi connectivity index (χ4v) is 2.54. The second-order valence-electron chi connectivity index (χ2n) is 6.56. The quantitative estimate of drug-likeness (QED) is 0.821. The predicted octanol–water partition coefficient (Wildman–Crippen LogP) is 1.03. The Morgan fingerprint density at radius 1 is 1.29 bits per heavy atom. The number of nitrogens with zero attached hydrogens (tertiary/aromatic N) is 3. The molecule has 0 aromatic carbocycles. The van der Waals surface area contributed by atoms with Gasteiger partial charge in [0.25, 0.3) is 0 Å². The van der Waals surface area contributed by atoms with Gasteiger partial charge < -0.3 is 19.5 Å². The Hall–Kier alpha value is -1.34. The van der Waals surface area contributed by atoms with E-state index in [1.807, 2.05) is 27.7 Å². The van der Waals surface area contributed by atoms with Crippen molar-refractivity contribution in [1.82, 2.24) is 9.97 Å². The topological polar surface area (TPSA) is 59.5 Å². The van der Waals surface area contributed by atoms with Crippen LogP contribution in [0.4, 0.5) is 11.6 Å². The van der Waals surface area contributed by atoms with Gasteiger partial charge in [0, 0.05) is 25.8 Å². The van der Waals surface area contributed by atoms with Crippen molar-refractivity contribution in [2.24, 2.45) is 0 Å². The summed E-state index contributed by atoms with van der Waals surface area (Å²) < 4.78 is 12.1. The van der Waals surface area contributed by atoms with Crippen molar-refractivity contribution >= 4 is 24.3 Å². The molecule has 7 heteroatoms. The molecule has 0 saturated carbocycles. The molecule has 6 nitrogen and oxygen atoms in total. The molecule has 1 aromatic rings. The van der Waals surface area contributed by atoms with Crippen LogP contribution in [0.2, 0.25) is 0 Å². The molecule has 0 aliphatic carbocycles. The van der Waals surface area contributed by atoms with Gasteiger partial charge in [-0.25, -0.2) is 9.97 Å². The van der Waals surface area contributed by atoms with E-state index in [1.54, 1.807) is 6.20 Å². The monoisotopic (exact) mass is 290 g/mol. The Kier molecular flexibility index (Phi) is 3.37. The third-order valence-corrected chi connectivity index (χ3v) is 4.62. The smallest absolute Gasteiger partial charge is 0.398 e. The van der Waals surface area contributed by atoms with Crippen LogP contribution in [0.15, 0.2) is 6.20 Å². The standard InChI is InChI=1S/C14H23BN4O2/c1-6-19-8-7-16-11-12(19)18-10(9-17-11)15-20-13(2,3)14(4,5)21-15/h9H,6-8H2,1-5H3,(H,16,17). The molecule has 0 radical (unpaired) electrons. The maximum absolute atomic E-state index is 6.05. The molecule has 0 amide bonds. The van der Waals surface area contributed by atoms with Crippen molar-refractivity contribution in [3.63, 3.8) is 0 Å². The van der Waals surface area contributed by atoms with Crippen molar-refractivity contribution in [1.29, 1.82) is 0 Å². The lowest BCUT2D eigenvalue weighted by atomic mass is 9.85. The minimum atomic E-state index is -0.464. The first-order valence-corrected chi connectivity index (χ1v) is 7.55. The number of hydrogen-bond donors (Lipinski definition) is 1. The highest BCUT2D eigenvalue weighted by Crippen LogP contribution is 2.36. The second-order valence-corrected chi connectivity index (χ2v) is 6.56. The van der Waals surface area contributed by atoms with Crippen LogP contribution in [0.5, 0.6) is 0 Å². The average Bonchev–Trinajstić information content (AvgIpc) is 2.66. The summed E-state index contributed by atoms with van der Waals surface area (Å²) in [5.41, 5.74) is 0.00476. The largest absolute Gasteiger partial charge is 0.516 e. The molecule has 2 aliphatic heterocycles. The van der Waals surface area contributed by atoms with Gasteiger partial charge in [0.1, 0.15) is 0 Å². The SMILES string of the molecule is CCN1CCNc2ncc(B3OC(C)(C)C(C)(C)O3)nc21. The molecule has 0 unspecified atom stereocenters. The summed E-state index contributed by atoms with van der Waals surface area (Å²) in [6.07, 6.45) is 1.74. The third-order valence-electron chi connectivity index (χ3n) is 4.62. The normalized spacial score (nSPS) is 22.9. The van der Waals surface area contributed by atoms with E-state index in [-0.39, 0.29) is 11.2 Å². The number of hydrogen-bond acceptors (Lipinski definition) is 6. The highest BCUT2D eigenvalue weighted by molar-refractivity contribution is 6.61. The van der Waals surface area contributed by atoms with Crippen LogP contribution < -0.4 is 15.8 Å². The fourth-order valence-electron chi connectivity index (χ4n) is 2.54. The molecule has 2 aliphatic rings. The molecule has 21 heavy (non-hydrogen) atoms. The lowest BCUT2D eigenvalue weighted by Crippen LogP contribution is -2.41. The molecule has 0 atom stereocenters. The third kappa shape index (κ3) is 2.38. The van der Waals surface area contributed by atoms with Crippen LogP contribution in [-0.4, -0.2) is 47.9 Å². The number of fused-ring (bicyclic) bond motifs is 1. The van der Waals surface area contributed by atoms with E-state index in [0.29, 0.717) is 0 Å². The van der Waals surface area contributed by atoms with Gasteiger partial charge in [-0.05, 0) is 34.6 Å². The zero-order valence-electron chi connectivity index (χ0n) is 13.4. The maximum atomic E-state index is 6.05. The lowest BCUT2D eigenvalue weighted by molar-refractivity contribution is 0.00578. The molecule has 3 rings (SSSR count). The zero-order valence-corrected chi connectivity index (χ0v) is 13.4. The van der Waals surface area contributed by atoms with E-state index in [9.17, 15) is 0 Å². The number of likely N-dealkylation sites (N-methyl/N-ethyl adjacent to an activating group) is 1. The van der Waals surface area contributed by atoms with Gasteiger partial charge in [-0.15, -0.1) is 0 Å². The van der Waals surface area contributed by atoms with Crippen LogP contribution in [0.25, 0.3) is 0 Å². The Bertz CT molecular complexity index is 534. The van der Waals surface area contributed by atoms with Gasteiger partial charge in [-0.1, -0.05) is 0 Å². The summed E-state index contributed by atoms with van der Waals surface area (Å²) in [4.78, 5) is 11.4. The van der Waals surface area contributed by atoms with Crippen LogP contribution in [0, 0.1) is 0 Å². The minimum absolute atomic E-state index is 0.363. The molecule has 3 heterocycles. The molecule has 114 valence electrons. The first kappa shape index (κ1) is 14.6. The van der Waals surface area contributed by atoms with E-state index >= 15 is 0 Å². The van der Waals surface area contributed by atoms with E-state index in [2.05, 4.69) is 22.1 Å². The summed E-state index contributed by atoms with van der Waals surface area (Å²) in [5.74, 6) is 1.72. The summed E-state index contributed by atoms with van der Waals surface area (Å²) >= 11 is 0. The van der Waals surface area contributed by atoms with E-state index < -0.39 is 7.12 Å². The molecule has 0 bridgehead atoms. The summed E-state index contributed by atoms with van der Waals surface area (Å²) in [5, 5.41) is 3.28. The van der Waals surface area contributed by atoms with Crippen molar-refractivity contribution in [3.05, 3.63) is 6.20 Å². The van der Waals surface area contributed by atoms with Crippen molar-refractivity contribution < 1.29 is 9.31 Å². The number of anilines is 2. The van der Waals surface area contributed by atoms with Crippen molar-refractivity contribution in [2.75, 3.05) is 29.9 Å². The number of nitrogens with one attached hydrogen (secondary N) is 1. The summed E-state index contributed by atoms with van der Waals surface area (Å²) in [6, 6.07) is 0. The fraction of sp³-hybridized carbons (Fsp3) is 0.714. The van der Waals surface area contributed by atoms with Crippen molar-refractivity contribution in [3.8, 4) is 0 Å². The van der Waals surface area contributed by atoms with Gasteiger partial charge in [0.2, 0.25) is 0 Å². The average molecular weight is 290 g/mol. The first-order chi connectivity index (χ1) is 9.84. The molecular formula is C14H23BN4O2. The van der Waals surface area contributed by atoms with Gasteiger partial charge in [0.15, 0.2) is 11.6 Å². The minimum Gasteiger partial charge on any atom is -0.398 e. The Labute approximate surface area is 126 Å². The Morgan fingerprint density at radius 3 is 2.57 bits per heavy atom. The zero-order chi connectivity index (χ0) is 15.3. The van der Waals surface area contributed by atoms with Crippen LogP contribution in [0.1, 0.15) is 34.6 Å². The van der Waals surface area contributed by atoms with E-state index in [1.165, 1.54) is 0 Å². The molecular weight excluding hydrogens is 267 g/mol. The van der Waals surface area contributed by atoms with Crippen LogP contribution in [0.3, 0.4) is 0 Å². The van der Waals surface area contributed by atoms with E-state index in [0.717, 1.165) is 36.9 Å². The maximum Gasteiger partial charge on any atom is 0.516 e. The molecule has 1 saturated heterocycles. The molecule has 1 aromatic heterocycles. The van der Waals surface area contributed by atoms with Gasteiger partial charge >= 0.3 is 7.12 Å². The first-order valence-electron chi connectivity index (χ1n) is 7.55. The lowest BCUT2D eigenvalue weighted by Gasteiger charge is -2.32.